The number of carbonyl (C=O) groups excluding carboxylic acids is 1. The molecule has 0 fully saturated rings. The molecule has 0 saturated heterocycles. The van der Waals surface area contributed by atoms with Gasteiger partial charge in [-0.25, -0.2) is 9.97 Å². The normalized spacial score (nSPS) is 11.0. The molecule has 3 rings (SSSR count). The molecule has 0 bridgehead atoms. The first kappa shape index (κ1) is 18.1. The molecule has 0 saturated carbocycles. The lowest BCUT2D eigenvalue weighted by Crippen LogP contribution is -2.25. The van der Waals surface area contributed by atoms with Crippen LogP contribution in [0.1, 0.15) is 55.9 Å². The van der Waals surface area contributed by atoms with E-state index in [-0.39, 0.29) is 5.91 Å². The number of rotatable bonds is 9. The van der Waals surface area contributed by atoms with Gasteiger partial charge >= 0.3 is 0 Å². The Kier molecular flexibility index (Phi) is 6.36. The Hall–Kier alpha value is -2.69. The standard InChI is InChI=1S/C21H26N4O/c1-2-3-4-5-6-9-15-22-21(26)19-14-10-13-18(23-19)20-24-16-11-7-8-12-17(16)25-20/h7-8,10-14H,2-6,9,15H2,1H3,(H,22,26)(H,24,25). The summed E-state index contributed by atoms with van der Waals surface area (Å²) in [6, 6.07) is 13.3. The van der Waals surface area contributed by atoms with E-state index < -0.39 is 0 Å². The van der Waals surface area contributed by atoms with Crippen LogP contribution >= 0.6 is 0 Å². The minimum atomic E-state index is -0.128. The molecule has 2 N–H and O–H groups in total. The highest BCUT2D eigenvalue weighted by atomic mass is 16.1. The van der Waals surface area contributed by atoms with Crippen molar-refractivity contribution < 1.29 is 4.79 Å². The van der Waals surface area contributed by atoms with Crippen molar-refractivity contribution in [3.63, 3.8) is 0 Å². The number of H-pyrrole nitrogens is 1. The van der Waals surface area contributed by atoms with E-state index in [0.717, 1.165) is 23.9 Å². The van der Waals surface area contributed by atoms with Crippen molar-refractivity contribution in [2.45, 2.75) is 45.4 Å². The van der Waals surface area contributed by atoms with E-state index in [1.807, 2.05) is 36.4 Å². The Labute approximate surface area is 154 Å². The minimum absolute atomic E-state index is 0.128. The lowest BCUT2D eigenvalue weighted by atomic mass is 10.1. The number of fused-ring (bicyclic) bond motifs is 1. The summed E-state index contributed by atoms with van der Waals surface area (Å²) < 4.78 is 0. The topological polar surface area (TPSA) is 70.7 Å². The zero-order valence-electron chi connectivity index (χ0n) is 15.3. The van der Waals surface area contributed by atoms with Crippen LogP contribution in [0.5, 0.6) is 0 Å². The van der Waals surface area contributed by atoms with Gasteiger partial charge in [0.25, 0.3) is 5.91 Å². The van der Waals surface area contributed by atoms with E-state index in [9.17, 15) is 4.79 Å². The van der Waals surface area contributed by atoms with Gasteiger partial charge < -0.3 is 10.3 Å². The number of pyridine rings is 1. The first-order chi connectivity index (χ1) is 12.8. The number of unbranched alkanes of at least 4 members (excludes halogenated alkanes) is 5. The number of nitrogens with one attached hydrogen (secondary N) is 2. The largest absolute Gasteiger partial charge is 0.351 e. The average Bonchev–Trinajstić information content (AvgIpc) is 3.11. The summed E-state index contributed by atoms with van der Waals surface area (Å²) in [5.41, 5.74) is 2.95. The third-order valence-electron chi connectivity index (χ3n) is 4.43. The van der Waals surface area contributed by atoms with E-state index in [0.29, 0.717) is 23.8 Å². The summed E-state index contributed by atoms with van der Waals surface area (Å²) in [6.45, 7) is 2.91. The Morgan fingerprint density at radius 3 is 2.62 bits per heavy atom. The molecule has 0 aliphatic rings. The first-order valence-corrected chi connectivity index (χ1v) is 9.48. The molecule has 2 heterocycles. The number of hydrogen-bond acceptors (Lipinski definition) is 3. The minimum Gasteiger partial charge on any atom is -0.351 e. The van der Waals surface area contributed by atoms with E-state index in [1.54, 1.807) is 6.07 Å². The lowest BCUT2D eigenvalue weighted by Gasteiger charge is -2.06. The highest BCUT2D eigenvalue weighted by Crippen LogP contribution is 2.18. The molecule has 0 spiro atoms. The van der Waals surface area contributed by atoms with Crippen LogP contribution in [-0.2, 0) is 0 Å². The van der Waals surface area contributed by atoms with Crippen LogP contribution < -0.4 is 5.32 Å². The zero-order valence-corrected chi connectivity index (χ0v) is 15.3. The molecule has 5 heteroatoms. The van der Waals surface area contributed by atoms with Gasteiger partial charge in [0.15, 0.2) is 5.82 Å². The molecule has 1 amide bonds. The number of imidazole rings is 1. The average molecular weight is 350 g/mol. The molecule has 26 heavy (non-hydrogen) atoms. The molecule has 3 aromatic rings. The third-order valence-corrected chi connectivity index (χ3v) is 4.43. The Morgan fingerprint density at radius 2 is 1.77 bits per heavy atom. The van der Waals surface area contributed by atoms with Crippen molar-refractivity contribution in [1.82, 2.24) is 20.3 Å². The second kappa shape index (κ2) is 9.13. The quantitative estimate of drug-likeness (QED) is 0.549. The highest BCUT2D eigenvalue weighted by molar-refractivity contribution is 5.92. The van der Waals surface area contributed by atoms with Crippen LogP contribution in [0.15, 0.2) is 42.5 Å². The molecule has 0 radical (unpaired) electrons. The molecule has 136 valence electrons. The van der Waals surface area contributed by atoms with Gasteiger partial charge in [0.1, 0.15) is 11.4 Å². The van der Waals surface area contributed by atoms with Gasteiger partial charge in [0.05, 0.1) is 11.0 Å². The van der Waals surface area contributed by atoms with Crippen LogP contribution in [0.4, 0.5) is 0 Å². The Bertz CT molecular complexity index is 823. The zero-order chi connectivity index (χ0) is 18.2. The molecule has 0 aliphatic carbocycles. The number of benzene rings is 1. The number of aromatic amines is 1. The van der Waals surface area contributed by atoms with Crippen molar-refractivity contribution >= 4 is 16.9 Å². The molecular weight excluding hydrogens is 324 g/mol. The summed E-state index contributed by atoms with van der Waals surface area (Å²) >= 11 is 0. The summed E-state index contributed by atoms with van der Waals surface area (Å²) in [5, 5.41) is 2.96. The fraction of sp³-hybridized carbons (Fsp3) is 0.381. The number of hydrogen-bond donors (Lipinski definition) is 2. The van der Waals surface area contributed by atoms with Gasteiger partial charge in [0, 0.05) is 6.54 Å². The van der Waals surface area contributed by atoms with Gasteiger partial charge in [-0.1, -0.05) is 57.2 Å². The molecule has 0 unspecified atom stereocenters. The van der Waals surface area contributed by atoms with Crippen molar-refractivity contribution in [2.24, 2.45) is 0 Å². The Morgan fingerprint density at radius 1 is 0.962 bits per heavy atom. The van der Waals surface area contributed by atoms with E-state index in [1.165, 1.54) is 25.7 Å². The smallest absolute Gasteiger partial charge is 0.269 e. The van der Waals surface area contributed by atoms with Gasteiger partial charge in [-0.3, -0.25) is 4.79 Å². The molecule has 1 aromatic carbocycles. The van der Waals surface area contributed by atoms with Gasteiger partial charge in [0.2, 0.25) is 0 Å². The second-order valence-electron chi connectivity index (χ2n) is 6.53. The summed E-state index contributed by atoms with van der Waals surface area (Å²) in [4.78, 5) is 24.6. The van der Waals surface area contributed by atoms with E-state index >= 15 is 0 Å². The third kappa shape index (κ3) is 4.69. The van der Waals surface area contributed by atoms with Crippen LogP contribution in [0.3, 0.4) is 0 Å². The molecule has 0 aliphatic heterocycles. The maximum absolute atomic E-state index is 12.3. The van der Waals surface area contributed by atoms with Crippen molar-refractivity contribution in [3.05, 3.63) is 48.2 Å². The van der Waals surface area contributed by atoms with Crippen molar-refractivity contribution in [2.75, 3.05) is 6.54 Å². The Balaban J connectivity index is 1.57. The highest BCUT2D eigenvalue weighted by Gasteiger charge is 2.11. The predicted octanol–water partition coefficient (Wildman–Crippen LogP) is 4.72. The van der Waals surface area contributed by atoms with Gasteiger partial charge in [-0.15, -0.1) is 0 Å². The summed E-state index contributed by atoms with van der Waals surface area (Å²) in [5.74, 6) is 0.549. The molecule has 5 nitrogen and oxygen atoms in total. The molecule has 0 atom stereocenters. The van der Waals surface area contributed by atoms with E-state index in [2.05, 4.69) is 27.2 Å². The molecule has 2 aromatic heterocycles. The fourth-order valence-corrected chi connectivity index (χ4v) is 2.96. The number of para-hydroxylation sites is 2. The SMILES string of the molecule is CCCCCCCCNC(=O)c1cccc(-c2nc3ccccc3[nH]2)n1. The van der Waals surface area contributed by atoms with Crippen LogP contribution in [0.2, 0.25) is 0 Å². The van der Waals surface area contributed by atoms with Gasteiger partial charge in [-0.05, 0) is 30.7 Å². The number of carbonyl (C=O) groups is 1. The molecular formula is C21H26N4O. The lowest BCUT2D eigenvalue weighted by molar-refractivity contribution is 0.0948. The summed E-state index contributed by atoms with van der Waals surface area (Å²) in [6.07, 6.45) is 7.25. The van der Waals surface area contributed by atoms with Crippen LogP contribution in [0, 0.1) is 0 Å². The maximum Gasteiger partial charge on any atom is 0.269 e. The summed E-state index contributed by atoms with van der Waals surface area (Å²) in [7, 11) is 0. The van der Waals surface area contributed by atoms with Gasteiger partial charge in [-0.2, -0.15) is 0 Å². The predicted molar refractivity (Wildman–Crippen MR) is 105 cm³/mol. The van der Waals surface area contributed by atoms with Crippen molar-refractivity contribution in [3.8, 4) is 11.5 Å². The maximum atomic E-state index is 12.3. The number of aromatic nitrogens is 3. The second-order valence-corrected chi connectivity index (χ2v) is 6.53. The van der Waals surface area contributed by atoms with Crippen LogP contribution in [-0.4, -0.2) is 27.4 Å². The van der Waals surface area contributed by atoms with Crippen molar-refractivity contribution in [1.29, 1.82) is 0 Å². The van der Waals surface area contributed by atoms with Crippen LogP contribution in [0.25, 0.3) is 22.6 Å². The number of nitrogens with zero attached hydrogens (tertiary/aromatic N) is 2. The number of amides is 1. The monoisotopic (exact) mass is 350 g/mol. The first-order valence-electron chi connectivity index (χ1n) is 9.48. The fourth-order valence-electron chi connectivity index (χ4n) is 2.96. The van der Waals surface area contributed by atoms with E-state index in [4.69, 9.17) is 0 Å².